The lowest BCUT2D eigenvalue weighted by Crippen LogP contribution is -2.08. The number of H-pyrrole nitrogens is 1. The Kier molecular flexibility index (Phi) is 3.39. The van der Waals surface area contributed by atoms with Crippen LogP contribution in [-0.2, 0) is 11.3 Å². The van der Waals surface area contributed by atoms with E-state index in [1.165, 1.54) is 6.92 Å². The van der Waals surface area contributed by atoms with Gasteiger partial charge in [0, 0.05) is 22.9 Å². The van der Waals surface area contributed by atoms with Gasteiger partial charge in [0.15, 0.2) is 0 Å². The molecule has 3 aromatic rings. The maximum Gasteiger partial charge on any atom is 0.221 e. The van der Waals surface area contributed by atoms with Gasteiger partial charge in [-0.25, -0.2) is 0 Å². The van der Waals surface area contributed by atoms with Crippen LogP contribution in [0.1, 0.15) is 11.8 Å². The van der Waals surface area contributed by atoms with Crippen LogP contribution in [0.4, 0.5) is 11.4 Å². The van der Waals surface area contributed by atoms with Crippen LogP contribution in [0.15, 0.2) is 35.8 Å². The number of hydrogen-bond acceptors (Lipinski definition) is 4. The molecule has 0 spiro atoms. The highest BCUT2D eigenvalue weighted by molar-refractivity contribution is 7.10. The van der Waals surface area contributed by atoms with E-state index in [0.29, 0.717) is 6.54 Å². The first-order valence-corrected chi connectivity index (χ1v) is 7.12. The van der Waals surface area contributed by atoms with Crippen LogP contribution in [0.3, 0.4) is 0 Å². The fourth-order valence-electron chi connectivity index (χ4n) is 2.08. The predicted octanol–water partition coefficient (Wildman–Crippen LogP) is 3.19. The van der Waals surface area contributed by atoms with Crippen LogP contribution in [0, 0.1) is 0 Å². The van der Waals surface area contributed by atoms with E-state index in [-0.39, 0.29) is 5.91 Å². The second-order valence-corrected chi connectivity index (χ2v) is 5.43. The summed E-state index contributed by atoms with van der Waals surface area (Å²) in [7, 11) is 0. The molecule has 0 bridgehead atoms. The quantitative estimate of drug-likeness (QED) is 0.690. The zero-order valence-electron chi connectivity index (χ0n) is 10.9. The average Bonchev–Trinajstić information content (AvgIpc) is 3.04. The van der Waals surface area contributed by atoms with Gasteiger partial charge in [-0.15, -0.1) is 11.3 Å². The Labute approximate surface area is 120 Å². The molecule has 0 unspecified atom stereocenters. The molecule has 3 N–H and O–H groups in total. The van der Waals surface area contributed by atoms with E-state index >= 15 is 0 Å². The summed E-state index contributed by atoms with van der Waals surface area (Å²) in [6.07, 6.45) is 1.81. The zero-order valence-corrected chi connectivity index (χ0v) is 11.8. The van der Waals surface area contributed by atoms with Crippen molar-refractivity contribution in [3.63, 3.8) is 0 Å². The van der Waals surface area contributed by atoms with Gasteiger partial charge in [0.1, 0.15) is 0 Å². The zero-order chi connectivity index (χ0) is 13.9. The monoisotopic (exact) mass is 286 g/mol. The molecule has 0 saturated heterocycles. The number of aromatic amines is 1. The molecule has 1 amide bonds. The fraction of sp³-hybridized carbons (Fsp3) is 0.143. The first-order chi connectivity index (χ1) is 9.74. The normalized spacial score (nSPS) is 10.7. The van der Waals surface area contributed by atoms with Crippen LogP contribution < -0.4 is 10.6 Å². The third kappa shape index (κ3) is 2.50. The lowest BCUT2D eigenvalue weighted by Gasteiger charge is -2.08. The molecule has 3 rings (SSSR count). The van der Waals surface area contributed by atoms with E-state index in [9.17, 15) is 4.79 Å². The van der Waals surface area contributed by atoms with E-state index in [1.807, 2.05) is 29.6 Å². The lowest BCUT2D eigenvalue weighted by molar-refractivity contribution is -0.114. The minimum absolute atomic E-state index is 0.0541. The molecule has 1 aromatic carbocycles. The molecule has 0 radical (unpaired) electrons. The van der Waals surface area contributed by atoms with Gasteiger partial charge >= 0.3 is 0 Å². The molecular formula is C14H14N4OS. The van der Waals surface area contributed by atoms with E-state index in [2.05, 4.69) is 20.8 Å². The van der Waals surface area contributed by atoms with Crippen LogP contribution in [-0.4, -0.2) is 16.1 Å². The minimum Gasteiger partial charge on any atom is -0.379 e. The summed E-state index contributed by atoms with van der Waals surface area (Å²) in [4.78, 5) is 12.2. The number of aromatic nitrogens is 2. The van der Waals surface area contributed by atoms with Gasteiger partial charge in [-0.05, 0) is 23.6 Å². The Morgan fingerprint density at radius 3 is 3.10 bits per heavy atom. The molecule has 0 fully saturated rings. The number of rotatable bonds is 4. The van der Waals surface area contributed by atoms with Crippen molar-refractivity contribution in [1.82, 2.24) is 10.2 Å². The Morgan fingerprint density at radius 2 is 2.25 bits per heavy atom. The number of carbonyl (C=O) groups is 1. The molecule has 0 atom stereocenters. The first kappa shape index (κ1) is 12.7. The molecule has 102 valence electrons. The Balaban J connectivity index is 1.78. The Bertz CT molecular complexity index is 746. The number of thiophene rings is 1. The number of anilines is 2. The molecule has 0 saturated carbocycles. The SMILES string of the molecule is CC(=O)Nc1ccsc1CNc1cccc2[nH]ncc12. The van der Waals surface area contributed by atoms with Crippen LogP contribution in [0.25, 0.3) is 10.9 Å². The van der Waals surface area contributed by atoms with Gasteiger partial charge in [0.2, 0.25) is 5.91 Å². The maximum absolute atomic E-state index is 11.1. The molecule has 6 heteroatoms. The van der Waals surface area contributed by atoms with Gasteiger partial charge < -0.3 is 10.6 Å². The highest BCUT2D eigenvalue weighted by Crippen LogP contribution is 2.26. The minimum atomic E-state index is -0.0541. The largest absolute Gasteiger partial charge is 0.379 e. The van der Waals surface area contributed by atoms with Gasteiger partial charge in [-0.1, -0.05) is 6.07 Å². The summed E-state index contributed by atoms with van der Waals surface area (Å²) >= 11 is 1.62. The van der Waals surface area contributed by atoms with Crippen molar-refractivity contribution >= 4 is 39.5 Å². The summed E-state index contributed by atoms with van der Waals surface area (Å²) in [5.74, 6) is -0.0541. The van der Waals surface area contributed by atoms with Gasteiger partial charge in [0.25, 0.3) is 0 Å². The van der Waals surface area contributed by atoms with E-state index in [1.54, 1.807) is 17.5 Å². The van der Waals surface area contributed by atoms with Crippen LogP contribution in [0.5, 0.6) is 0 Å². The molecular weight excluding hydrogens is 272 g/mol. The maximum atomic E-state index is 11.1. The van der Waals surface area contributed by atoms with Crippen molar-refractivity contribution in [2.45, 2.75) is 13.5 Å². The Morgan fingerprint density at radius 1 is 1.35 bits per heavy atom. The second-order valence-electron chi connectivity index (χ2n) is 4.43. The number of nitrogens with one attached hydrogen (secondary N) is 3. The average molecular weight is 286 g/mol. The first-order valence-electron chi connectivity index (χ1n) is 6.24. The highest BCUT2D eigenvalue weighted by atomic mass is 32.1. The summed E-state index contributed by atoms with van der Waals surface area (Å²) in [5, 5.41) is 16.2. The molecule has 2 heterocycles. The molecule has 0 aliphatic heterocycles. The van der Waals surface area contributed by atoms with Crippen molar-refractivity contribution < 1.29 is 4.79 Å². The number of amides is 1. The van der Waals surface area contributed by atoms with Gasteiger partial charge in [0.05, 0.1) is 23.9 Å². The Hall–Kier alpha value is -2.34. The van der Waals surface area contributed by atoms with Gasteiger partial charge in [-0.2, -0.15) is 5.10 Å². The second kappa shape index (κ2) is 5.34. The molecule has 20 heavy (non-hydrogen) atoms. The molecule has 2 aromatic heterocycles. The lowest BCUT2D eigenvalue weighted by atomic mass is 10.2. The van der Waals surface area contributed by atoms with Crippen molar-refractivity contribution in [1.29, 1.82) is 0 Å². The molecule has 5 nitrogen and oxygen atoms in total. The van der Waals surface area contributed by atoms with Gasteiger partial charge in [-0.3, -0.25) is 9.89 Å². The molecule has 0 aliphatic carbocycles. The standard InChI is InChI=1S/C14H14N4OS/c1-9(19)17-13-5-6-20-14(13)8-15-11-3-2-4-12-10(11)7-16-18-12/h2-7,15H,8H2,1H3,(H,16,18)(H,17,19). The number of fused-ring (bicyclic) bond motifs is 1. The summed E-state index contributed by atoms with van der Waals surface area (Å²) in [6, 6.07) is 7.90. The number of nitrogens with zero attached hydrogens (tertiary/aromatic N) is 1. The van der Waals surface area contributed by atoms with Crippen LogP contribution >= 0.6 is 11.3 Å². The smallest absolute Gasteiger partial charge is 0.221 e. The third-order valence-electron chi connectivity index (χ3n) is 2.98. The third-order valence-corrected chi connectivity index (χ3v) is 3.90. The number of benzene rings is 1. The topological polar surface area (TPSA) is 69.8 Å². The molecule has 0 aliphatic rings. The van der Waals surface area contributed by atoms with E-state index in [4.69, 9.17) is 0 Å². The number of carbonyl (C=O) groups excluding carboxylic acids is 1. The highest BCUT2D eigenvalue weighted by Gasteiger charge is 2.07. The van der Waals surface area contributed by atoms with Crippen molar-refractivity contribution in [2.75, 3.05) is 10.6 Å². The van der Waals surface area contributed by atoms with Crippen molar-refractivity contribution in [3.8, 4) is 0 Å². The summed E-state index contributed by atoms with van der Waals surface area (Å²) in [6.45, 7) is 2.18. The summed E-state index contributed by atoms with van der Waals surface area (Å²) in [5.41, 5.74) is 2.90. The predicted molar refractivity (Wildman–Crippen MR) is 82.0 cm³/mol. The van der Waals surface area contributed by atoms with Crippen molar-refractivity contribution in [3.05, 3.63) is 40.7 Å². The van der Waals surface area contributed by atoms with E-state index in [0.717, 1.165) is 27.2 Å². The van der Waals surface area contributed by atoms with Crippen molar-refractivity contribution in [2.24, 2.45) is 0 Å². The fourth-order valence-corrected chi connectivity index (χ4v) is 2.85. The number of hydrogen-bond donors (Lipinski definition) is 3. The summed E-state index contributed by atoms with van der Waals surface area (Å²) < 4.78 is 0. The van der Waals surface area contributed by atoms with Crippen LogP contribution in [0.2, 0.25) is 0 Å². The van der Waals surface area contributed by atoms with E-state index < -0.39 is 0 Å².